The van der Waals surface area contributed by atoms with Gasteiger partial charge in [0.15, 0.2) is 5.96 Å². The summed E-state index contributed by atoms with van der Waals surface area (Å²) in [5, 5.41) is 6.74. The first-order valence-corrected chi connectivity index (χ1v) is 10.1. The molecule has 0 bridgehead atoms. The van der Waals surface area contributed by atoms with E-state index in [1.54, 1.807) is 0 Å². The molecule has 1 aliphatic heterocycles. The molecule has 0 unspecified atom stereocenters. The minimum Gasteiger partial charge on any atom is -0.369 e. The number of rotatable bonds is 11. The highest BCUT2D eigenvalue weighted by Gasteiger charge is 2.22. The number of nitrogens with two attached hydrogens (primary N) is 1. The highest BCUT2D eigenvalue weighted by molar-refractivity contribution is 14.0. The van der Waals surface area contributed by atoms with E-state index in [0.29, 0.717) is 0 Å². The summed E-state index contributed by atoms with van der Waals surface area (Å²) in [5.74, 6) is 1.65. The van der Waals surface area contributed by atoms with Crippen LogP contribution in [0, 0.1) is 11.8 Å². The molecule has 0 radical (unpaired) electrons. The van der Waals surface area contributed by atoms with Gasteiger partial charge in [-0.2, -0.15) is 0 Å². The van der Waals surface area contributed by atoms with Crippen molar-refractivity contribution in [1.29, 1.82) is 0 Å². The van der Waals surface area contributed by atoms with E-state index in [1.807, 2.05) is 0 Å². The van der Waals surface area contributed by atoms with Gasteiger partial charge in [0.05, 0.1) is 0 Å². The van der Waals surface area contributed by atoms with Crippen LogP contribution in [-0.4, -0.2) is 56.0 Å². The van der Waals surface area contributed by atoms with Crippen LogP contribution in [0.2, 0.25) is 0 Å². The molecule has 1 fully saturated rings. The zero-order valence-electron chi connectivity index (χ0n) is 16.9. The minimum atomic E-state index is -0.132. The predicted octanol–water partition coefficient (Wildman–Crippen LogP) is 2.57. The summed E-state index contributed by atoms with van der Waals surface area (Å²) in [4.78, 5) is 18.3. The first-order valence-electron chi connectivity index (χ1n) is 10.1. The SMILES string of the molecule is CCNC(=NCCCC(C)C)NCCCCN1CCC(C(N)=O)CC1.I. The van der Waals surface area contributed by atoms with Crippen LogP contribution in [0.4, 0.5) is 0 Å². The second kappa shape index (κ2) is 15.5. The summed E-state index contributed by atoms with van der Waals surface area (Å²) < 4.78 is 0. The number of piperidine rings is 1. The topological polar surface area (TPSA) is 82.8 Å². The summed E-state index contributed by atoms with van der Waals surface area (Å²) >= 11 is 0. The molecule has 154 valence electrons. The smallest absolute Gasteiger partial charge is 0.220 e. The molecule has 26 heavy (non-hydrogen) atoms. The zero-order valence-corrected chi connectivity index (χ0v) is 19.3. The maximum absolute atomic E-state index is 11.2. The van der Waals surface area contributed by atoms with Crippen LogP contribution in [0.3, 0.4) is 0 Å². The molecule has 6 nitrogen and oxygen atoms in total. The fourth-order valence-corrected chi connectivity index (χ4v) is 3.14. The molecule has 0 atom stereocenters. The van der Waals surface area contributed by atoms with Crippen molar-refractivity contribution in [1.82, 2.24) is 15.5 Å². The standard InChI is InChI=1S/C19H39N5O.HI/c1-4-21-19(23-12-7-8-16(2)3)22-11-5-6-13-24-14-9-17(10-15-24)18(20)25;/h16-17H,4-15H2,1-3H3,(H2,20,25)(H2,21,22,23);1H. The number of hydrogen-bond donors (Lipinski definition) is 3. The lowest BCUT2D eigenvalue weighted by molar-refractivity contribution is -0.123. The number of aliphatic imine (C=N–C) groups is 1. The Morgan fingerprint density at radius 3 is 2.46 bits per heavy atom. The Morgan fingerprint density at radius 2 is 1.88 bits per heavy atom. The number of amides is 1. The van der Waals surface area contributed by atoms with Gasteiger partial charge in [0, 0.05) is 25.6 Å². The Kier molecular flexibility index (Phi) is 15.1. The lowest BCUT2D eigenvalue weighted by Crippen LogP contribution is -2.39. The van der Waals surface area contributed by atoms with Crippen LogP contribution in [0.5, 0.6) is 0 Å². The molecular weight excluding hydrogens is 441 g/mol. The maximum atomic E-state index is 11.2. The first kappa shape index (κ1) is 25.4. The number of halogens is 1. The zero-order chi connectivity index (χ0) is 18.5. The molecule has 1 saturated heterocycles. The molecule has 1 heterocycles. The van der Waals surface area contributed by atoms with Gasteiger partial charge in [-0.05, 0) is 71.0 Å². The monoisotopic (exact) mass is 481 g/mol. The van der Waals surface area contributed by atoms with Crippen molar-refractivity contribution >= 4 is 35.8 Å². The van der Waals surface area contributed by atoms with Crippen molar-refractivity contribution in [3.05, 3.63) is 0 Å². The van der Waals surface area contributed by atoms with E-state index in [1.165, 1.54) is 12.8 Å². The molecule has 0 saturated carbocycles. The average Bonchev–Trinajstić information content (AvgIpc) is 2.58. The lowest BCUT2D eigenvalue weighted by atomic mass is 9.96. The van der Waals surface area contributed by atoms with Crippen molar-refractivity contribution in [3.63, 3.8) is 0 Å². The van der Waals surface area contributed by atoms with Gasteiger partial charge in [0.2, 0.25) is 5.91 Å². The number of carbonyl (C=O) groups excluding carboxylic acids is 1. The van der Waals surface area contributed by atoms with Crippen LogP contribution in [0.15, 0.2) is 4.99 Å². The molecule has 7 heteroatoms. The van der Waals surface area contributed by atoms with E-state index in [9.17, 15) is 4.79 Å². The van der Waals surface area contributed by atoms with E-state index in [4.69, 9.17) is 5.73 Å². The molecule has 4 N–H and O–H groups in total. The Labute approximate surface area is 177 Å². The number of hydrogen-bond acceptors (Lipinski definition) is 3. The lowest BCUT2D eigenvalue weighted by Gasteiger charge is -2.30. The molecule has 0 spiro atoms. The van der Waals surface area contributed by atoms with Crippen molar-refractivity contribution in [2.75, 3.05) is 39.3 Å². The molecule has 1 rings (SSSR count). The van der Waals surface area contributed by atoms with Crippen molar-refractivity contribution < 1.29 is 4.79 Å². The third kappa shape index (κ3) is 11.9. The molecule has 1 aliphatic rings. The Morgan fingerprint density at radius 1 is 1.19 bits per heavy atom. The summed E-state index contributed by atoms with van der Waals surface area (Å²) in [5.41, 5.74) is 5.38. The number of carbonyl (C=O) groups is 1. The van der Waals surface area contributed by atoms with Gasteiger partial charge in [-0.15, -0.1) is 24.0 Å². The van der Waals surface area contributed by atoms with E-state index in [0.717, 1.165) is 76.8 Å². The second-order valence-electron chi connectivity index (χ2n) is 7.45. The van der Waals surface area contributed by atoms with Gasteiger partial charge in [-0.25, -0.2) is 0 Å². The summed E-state index contributed by atoms with van der Waals surface area (Å²) in [6.45, 7) is 12.5. The molecule has 0 aromatic heterocycles. The number of guanidine groups is 1. The van der Waals surface area contributed by atoms with Crippen LogP contribution < -0.4 is 16.4 Å². The Bertz CT molecular complexity index is 395. The quantitative estimate of drug-likeness (QED) is 0.183. The largest absolute Gasteiger partial charge is 0.369 e. The van der Waals surface area contributed by atoms with Crippen molar-refractivity contribution in [3.8, 4) is 0 Å². The third-order valence-corrected chi connectivity index (χ3v) is 4.74. The van der Waals surface area contributed by atoms with Gasteiger partial charge in [0.25, 0.3) is 0 Å². The summed E-state index contributed by atoms with van der Waals surface area (Å²) in [6, 6.07) is 0. The van der Waals surface area contributed by atoms with Gasteiger partial charge < -0.3 is 21.3 Å². The normalized spacial score (nSPS) is 16.4. The second-order valence-corrected chi connectivity index (χ2v) is 7.45. The van der Waals surface area contributed by atoms with E-state index < -0.39 is 0 Å². The fraction of sp³-hybridized carbons (Fsp3) is 0.895. The van der Waals surface area contributed by atoms with Gasteiger partial charge in [-0.3, -0.25) is 9.79 Å². The van der Waals surface area contributed by atoms with E-state index in [2.05, 4.69) is 41.3 Å². The van der Waals surface area contributed by atoms with Crippen LogP contribution in [0.25, 0.3) is 0 Å². The summed E-state index contributed by atoms with van der Waals surface area (Å²) in [6.07, 6.45) is 6.51. The molecule has 0 aliphatic carbocycles. The van der Waals surface area contributed by atoms with E-state index >= 15 is 0 Å². The van der Waals surface area contributed by atoms with Crippen LogP contribution >= 0.6 is 24.0 Å². The molecule has 1 amide bonds. The Balaban J connectivity index is 0.00000625. The molecular formula is C19H40IN5O. The third-order valence-electron chi connectivity index (χ3n) is 4.74. The van der Waals surface area contributed by atoms with Crippen LogP contribution in [0.1, 0.15) is 59.3 Å². The van der Waals surface area contributed by atoms with Crippen LogP contribution in [-0.2, 0) is 4.79 Å². The van der Waals surface area contributed by atoms with Crippen molar-refractivity contribution in [2.24, 2.45) is 22.6 Å². The fourth-order valence-electron chi connectivity index (χ4n) is 3.14. The number of unbranched alkanes of at least 4 members (excludes halogenated alkanes) is 1. The molecule has 0 aromatic carbocycles. The molecule has 0 aromatic rings. The average molecular weight is 481 g/mol. The highest BCUT2D eigenvalue weighted by Crippen LogP contribution is 2.16. The van der Waals surface area contributed by atoms with E-state index in [-0.39, 0.29) is 35.8 Å². The van der Waals surface area contributed by atoms with Crippen molar-refractivity contribution in [2.45, 2.75) is 59.3 Å². The number of nitrogens with one attached hydrogen (secondary N) is 2. The Hall–Kier alpha value is -0.570. The first-order chi connectivity index (χ1) is 12.0. The number of primary amides is 1. The maximum Gasteiger partial charge on any atom is 0.220 e. The predicted molar refractivity (Wildman–Crippen MR) is 121 cm³/mol. The minimum absolute atomic E-state index is 0. The summed E-state index contributed by atoms with van der Waals surface area (Å²) in [7, 11) is 0. The number of likely N-dealkylation sites (tertiary alicyclic amines) is 1. The highest BCUT2D eigenvalue weighted by atomic mass is 127. The number of nitrogens with zero attached hydrogens (tertiary/aromatic N) is 2. The van der Waals surface area contributed by atoms with Gasteiger partial charge in [-0.1, -0.05) is 13.8 Å². The van der Waals surface area contributed by atoms with Gasteiger partial charge in [0.1, 0.15) is 0 Å². The van der Waals surface area contributed by atoms with Gasteiger partial charge >= 0.3 is 0 Å².